The van der Waals surface area contributed by atoms with E-state index in [1.165, 1.54) is 29.7 Å². The first kappa shape index (κ1) is 12.2. The van der Waals surface area contributed by atoms with E-state index in [-0.39, 0.29) is 0 Å². The van der Waals surface area contributed by atoms with E-state index in [0.717, 1.165) is 27.7 Å². The predicted octanol–water partition coefficient (Wildman–Crippen LogP) is 3.49. The summed E-state index contributed by atoms with van der Waals surface area (Å²) >= 11 is 1.53. The fraction of sp³-hybridized carbons (Fsp3) is 0.333. The Kier molecular flexibility index (Phi) is 3.22. The molecule has 0 spiro atoms. The van der Waals surface area contributed by atoms with Crippen molar-refractivity contribution >= 4 is 11.3 Å². The summed E-state index contributed by atoms with van der Waals surface area (Å²) in [4.78, 5) is 5.44. The van der Waals surface area contributed by atoms with Crippen LogP contribution in [0.2, 0.25) is 0 Å². The Morgan fingerprint density at radius 3 is 2.68 bits per heavy atom. The second kappa shape index (κ2) is 5.02. The molecule has 96 valence electrons. The number of methoxy groups -OCH3 is 1. The first-order chi connectivity index (χ1) is 9.30. The van der Waals surface area contributed by atoms with Crippen LogP contribution >= 0.6 is 11.3 Å². The van der Waals surface area contributed by atoms with E-state index in [1.807, 2.05) is 24.3 Å². The van der Waals surface area contributed by atoms with Gasteiger partial charge in [-0.25, -0.2) is 4.98 Å². The maximum absolute atomic E-state index is 9.15. The molecule has 3 rings (SSSR count). The molecular formula is C15H14N2OS. The minimum absolute atomic E-state index is 0.538. The standard InChI is InChI=1S/C15H14N2OS/c1-18-12-6-2-10(3-7-12)8-14-17-15(11-4-5-11)13(9-16)19-14/h2-3,6-7,11H,4-5,8H2,1H3. The Balaban J connectivity index is 1.80. The molecule has 0 bridgehead atoms. The minimum Gasteiger partial charge on any atom is -0.497 e. The topological polar surface area (TPSA) is 45.9 Å². The molecule has 1 aliphatic carbocycles. The van der Waals surface area contributed by atoms with Crippen molar-refractivity contribution < 1.29 is 4.74 Å². The molecule has 1 saturated carbocycles. The van der Waals surface area contributed by atoms with Gasteiger partial charge in [-0.3, -0.25) is 0 Å². The van der Waals surface area contributed by atoms with Crippen molar-refractivity contribution in [1.82, 2.24) is 4.98 Å². The van der Waals surface area contributed by atoms with Crippen molar-refractivity contribution in [3.05, 3.63) is 45.4 Å². The number of thiazole rings is 1. The largest absolute Gasteiger partial charge is 0.497 e. The summed E-state index contributed by atoms with van der Waals surface area (Å²) in [6.45, 7) is 0. The molecule has 1 fully saturated rings. The Hall–Kier alpha value is -1.86. The second-order valence-electron chi connectivity index (χ2n) is 4.73. The van der Waals surface area contributed by atoms with Crippen LogP contribution in [0.25, 0.3) is 0 Å². The van der Waals surface area contributed by atoms with Crippen molar-refractivity contribution in [3.8, 4) is 11.8 Å². The lowest BCUT2D eigenvalue weighted by molar-refractivity contribution is 0.414. The molecule has 19 heavy (non-hydrogen) atoms. The fourth-order valence-corrected chi connectivity index (χ4v) is 3.07. The molecule has 0 atom stereocenters. The number of rotatable bonds is 4. The Morgan fingerprint density at radius 1 is 1.37 bits per heavy atom. The van der Waals surface area contributed by atoms with Gasteiger partial charge in [0.05, 0.1) is 17.8 Å². The molecule has 1 aromatic carbocycles. The molecule has 1 aromatic heterocycles. The van der Waals surface area contributed by atoms with Crippen molar-refractivity contribution in [2.24, 2.45) is 0 Å². The summed E-state index contributed by atoms with van der Waals surface area (Å²) in [7, 11) is 1.66. The van der Waals surface area contributed by atoms with Crippen LogP contribution in [-0.4, -0.2) is 12.1 Å². The predicted molar refractivity (Wildman–Crippen MR) is 74.6 cm³/mol. The zero-order valence-electron chi connectivity index (χ0n) is 10.7. The highest BCUT2D eigenvalue weighted by molar-refractivity contribution is 7.12. The average Bonchev–Trinajstić information content (AvgIpc) is 3.21. The number of nitrogens with zero attached hydrogens (tertiary/aromatic N) is 2. The smallest absolute Gasteiger partial charge is 0.128 e. The van der Waals surface area contributed by atoms with Crippen molar-refractivity contribution in [1.29, 1.82) is 5.26 Å². The summed E-state index contributed by atoms with van der Waals surface area (Å²) in [6.07, 6.45) is 3.15. The van der Waals surface area contributed by atoms with Crippen LogP contribution in [0, 0.1) is 11.3 Å². The van der Waals surface area contributed by atoms with E-state index in [1.54, 1.807) is 7.11 Å². The maximum atomic E-state index is 9.15. The number of hydrogen-bond acceptors (Lipinski definition) is 4. The summed E-state index contributed by atoms with van der Waals surface area (Å²) in [5.41, 5.74) is 2.22. The van der Waals surface area contributed by atoms with Gasteiger partial charge in [0.25, 0.3) is 0 Å². The maximum Gasteiger partial charge on any atom is 0.128 e. The van der Waals surface area contributed by atoms with Crippen LogP contribution in [0.3, 0.4) is 0 Å². The third-order valence-corrected chi connectivity index (χ3v) is 4.25. The minimum atomic E-state index is 0.538. The SMILES string of the molecule is COc1ccc(Cc2nc(C3CC3)c(C#N)s2)cc1. The van der Waals surface area contributed by atoms with Gasteiger partial charge in [-0.1, -0.05) is 12.1 Å². The fourth-order valence-electron chi connectivity index (χ4n) is 2.09. The first-order valence-electron chi connectivity index (χ1n) is 6.33. The number of aromatic nitrogens is 1. The molecule has 0 amide bonds. The van der Waals surface area contributed by atoms with E-state index in [2.05, 4.69) is 11.1 Å². The highest BCUT2D eigenvalue weighted by Crippen LogP contribution is 2.42. The van der Waals surface area contributed by atoms with E-state index in [4.69, 9.17) is 10.00 Å². The van der Waals surface area contributed by atoms with Crippen LogP contribution in [0.1, 0.15) is 39.9 Å². The normalized spacial score (nSPS) is 14.1. The number of hydrogen-bond donors (Lipinski definition) is 0. The molecule has 0 aliphatic heterocycles. The van der Waals surface area contributed by atoms with Crippen molar-refractivity contribution in [3.63, 3.8) is 0 Å². The second-order valence-corrected chi connectivity index (χ2v) is 5.82. The molecule has 4 heteroatoms. The third kappa shape index (κ3) is 2.61. The molecule has 0 saturated heterocycles. The van der Waals surface area contributed by atoms with E-state index >= 15 is 0 Å². The van der Waals surface area contributed by atoms with Gasteiger partial charge in [0.2, 0.25) is 0 Å². The van der Waals surface area contributed by atoms with Gasteiger partial charge in [0.15, 0.2) is 0 Å². The monoisotopic (exact) mass is 270 g/mol. The zero-order valence-corrected chi connectivity index (χ0v) is 11.5. The first-order valence-corrected chi connectivity index (χ1v) is 7.14. The molecule has 0 N–H and O–H groups in total. The molecule has 1 heterocycles. The van der Waals surface area contributed by atoms with Gasteiger partial charge in [-0.05, 0) is 30.5 Å². The van der Waals surface area contributed by atoms with Crippen molar-refractivity contribution in [2.75, 3.05) is 7.11 Å². The summed E-state index contributed by atoms with van der Waals surface area (Å²) in [5, 5.41) is 10.2. The van der Waals surface area contributed by atoms with Gasteiger partial charge in [0.1, 0.15) is 16.7 Å². The average molecular weight is 270 g/mol. The molecule has 1 aliphatic rings. The molecule has 3 nitrogen and oxygen atoms in total. The van der Waals surface area contributed by atoms with Gasteiger partial charge in [-0.2, -0.15) is 5.26 Å². The Morgan fingerprint density at radius 2 is 2.11 bits per heavy atom. The summed E-state index contributed by atoms with van der Waals surface area (Å²) in [6, 6.07) is 10.3. The number of benzene rings is 1. The lowest BCUT2D eigenvalue weighted by atomic mass is 10.1. The van der Waals surface area contributed by atoms with Crippen LogP contribution in [0.4, 0.5) is 0 Å². The highest BCUT2D eigenvalue weighted by atomic mass is 32.1. The van der Waals surface area contributed by atoms with Gasteiger partial charge < -0.3 is 4.74 Å². The Labute approximate surface area is 116 Å². The quantitative estimate of drug-likeness (QED) is 0.854. The molecular weight excluding hydrogens is 256 g/mol. The summed E-state index contributed by atoms with van der Waals surface area (Å²) < 4.78 is 5.14. The van der Waals surface area contributed by atoms with Crippen LogP contribution in [0.15, 0.2) is 24.3 Å². The van der Waals surface area contributed by atoms with E-state index < -0.39 is 0 Å². The lowest BCUT2D eigenvalue weighted by Gasteiger charge is -2.01. The third-order valence-electron chi connectivity index (χ3n) is 3.28. The lowest BCUT2D eigenvalue weighted by Crippen LogP contribution is -1.89. The van der Waals surface area contributed by atoms with Crippen molar-refractivity contribution in [2.45, 2.75) is 25.2 Å². The van der Waals surface area contributed by atoms with Gasteiger partial charge in [0, 0.05) is 12.3 Å². The summed E-state index contributed by atoms with van der Waals surface area (Å²) in [5.74, 6) is 1.40. The molecule has 0 unspecified atom stereocenters. The van der Waals surface area contributed by atoms with Crippen LogP contribution in [-0.2, 0) is 6.42 Å². The highest BCUT2D eigenvalue weighted by Gasteiger charge is 2.29. The van der Waals surface area contributed by atoms with E-state index in [0.29, 0.717) is 5.92 Å². The molecule has 0 radical (unpaired) electrons. The van der Waals surface area contributed by atoms with Crippen LogP contribution in [0.5, 0.6) is 5.75 Å². The zero-order chi connectivity index (χ0) is 13.2. The molecule has 2 aromatic rings. The number of nitriles is 1. The number of ether oxygens (including phenoxy) is 1. The van der Waals surface area contributed by atoms with Gasteiger partial charge >= 0.3 is 0 Å². The van der Waals surface area contributed by atoms with E-state index in [9.17, 15) is 0 Å². The Bertz CT molecular complexity index is 621. The van der Waals surface area contributed by atoms with Crippen LogP contribution < -0.4 is 4.74 Å². The van der Waals surface area contributed by atoms with Gasteiger partial charge in [-0.15, -0.1) is 11.3 Å².